The second-order valence-electron chi connectivity index (χ2n) is 8.81. The number of aryl methyl sites for hydroxylation is 1. The van der Waals surface area contributed by atoms with Gasteiger partial charge in [0, 0.05) is 17.0 Å². The molecule has 2 aliphatic rings. The van der Waals surface area contributed by atoms with Gasteiger partial charge in [-0.3, -0.25) is 10.2 Å². The number of aromatic nitrogens is 1. The van der Waals surface area contributed by atoms with E-state index in [1.807, 2.05) is 6.07 Å². The van der Waals surface area contributed by atoms with Gasteiger partial charge < -0.3 is 10.0 Å². The maximum Gasteiger partial charge on any atom is 0.433 e. The molecular formula is C21H26ClF3N4OS. The highest BCUT2D eigenvalue weighted by atomic mass is 35.5. The van der Waals surface area contributed by atoms with Crippen molar-refractivity contribution in [1.29, 1.82) is 0 Å². The number of aliphatic hydroxyl groups excluding tert-OH is 1. The summed E-state index contributed by atoms with van der Waals surface area (Å²) in [6.45, 7) is 2.12. The van der Waals surface area contributed by atoms with Gasteiger partial charge in [-0.15, -0.1) is 11.3 Å². The lowest BCUT2D eigenvalue weighted by molar-refractivity contribution is -0.141. The normalized spacial score (nSPS) is 29.3. The Bertz CT molecular complexity index is 956. The number of anilines is 1. The lowest BCUT2D eigenvalue weighted by atomic mass is 9.71. The van der Waals surface area contributed by atoms with E-state index in [2.05, 4.69) is 35.4 Å². The molecule has 1 atom stereocenters. The van der Waals surface area contributed by atoms with Crippen molar-refractivity contribution < 1.29 is 18.3 Å². The van der Waals surface area contributed by atoms with E-state index in [9.17, 15) is 18.3 Å². The topological polar surface area (TPSA) is 51.6 Å². The van der Waals surface area contributed by atoms with Crippen molar-refractivity contribution in [2.45, 2.75) is 56.2 Å². The number of pyridine rings is 1. The second-order valence-corrected chi connectivity index (χ2v) is 10.5. The predicted octanol–water partition coefficient (Wildman–Crippen LogP) is 4.58. The molecule has 2 aromatic heterocycles. The summed E-state index contributed by atoms with van der Waals surface area (Å²) in [5, 5.41) is 14.0. The van der Waals surface area contributed by atoms with Gasteiger partial charge in [0.15, 0.2) is 6.35 Å². The Morgan fingerprint density at radius 3 is 2.45 bits per heavy atom. The molecule has 1 spiro atoms. The first kappa shape index (κ1) is 22.8. The van der Waals surface area contributed by atoms with Gasteiger partial charge in [0.2, 0.25) is 0 Å². The van der Waals surface area contributed by atoms with Gasteiger partial charge in [0.25, 0.3) is 0 Å². The van der Waals surface area contributed by atoms with Crippen molar-refractivity contribution in [3.8, 4) is 0 Å². The molecule has 2 aromatic rings. The van der Waals surface area contributed by atoms with Crippen LogP contribution in [0.1, 0.15) is 41.8 Å². The van der Waals surface area contributed by atoms with Crippen LogP contribution in [0.5, 0.6) is 0 Å². The number of hydrogen-bond donors (Lipinski definition) is 2. The smallest absolute Gasteiger partial charge is 0.361 e. The van der Waals surface area contributed by atoms with Gasteiger partial charge in [0.05, 0.1) is 21.8 Å². The van der Waals surface area contributed by atoms with E-state index >= 15 is 0 Å². The molecule has 0 radical (unpaired) electrons. The largest absolute Gasteiger partial charge is 0.433 e. The molecule has 170 valence electrons. The van der Waals surface area contributed by atoms with Gasteiger partial charge >= 0.3 is 6.18 Å². The summed E-state index contributed by atoms with van der Waals surface area (Å²) in [7, 11) is 4.15. The van der Waals surface area contributed by atoms with Crippen molar-refractivity contribution in [3.05, 3.63) is 44.9 Å². The second kappa shape index (κ2) is 7.88. The molecule has 2 fully saturated rings. The van der Waals surface area contributed by atoms with Gasteiger partial charge in [-0.25, -0.2) is 4.98 Å². The molecule has 2 N–H and O–H groups in total. The minimum absolute atomic E-state index is 0.116. The summed E-state index contributed by atoms with van der Waals surface area (Å²) in [6, 6.07) is 5.05. The molecule has 0 bridgehead atoms. The van der Waals surface area contributed by atoms with Crippen LogP contribution < -0.4 is 10.2 Å². The third-order valence-electron chi connectivity index (χ3n) is 6.81. The molecular weight excluding hydrogens is 449 g/mol. The first-order valence-corrected chi connectivity index (χ1v) is 11.3. The number of aliphatic hydroxyl groups is 1. The van der Waals surface area contributed by atoms with Crippen LogP contribution >= 0.6 is 22.9 Å². The Morgan fingerprint density at radius 1 is 1.26 bits per heavy atom. The summed E-state index contributed by atoms with van der Waals surface area (Å²) in [6.07, 6.45) is -0.842. The number of thiophene rings is 1. The van der Waals surface area contributed by atoms with E-state index in [1.54, 1.807) is 23.2 Å². The number of alkyl halides is 3. The summed E-state index contributed by atoms with van der Waals surface area (Å²) >= 11 is 7.80. The molecule has 0 amide bonds. The zero-order valence-electron chi connectivity index (χ0n) is 17.6. The highest BCUT2D eigenvalue weighted by Gasteiger charge is 2.50. The fourth-order valence-corrected chi connectivity index (χ4v) is 6.33. The van der Waals surface area contributed by atoms with E-state index in [1.165, 1.54) is 11.1 Å². The Labute approximate surface area is 188 Å². The minimum atomic E-state index is -4.49. The molecule has 5 nitrogen and oxygen atoms in total. The SMILES string of the molecule is Cc1cc(C(F)(F)F)ncc1N1CC2(CCC(c3ccc(Cl)s3)(N(C)C)CC2)NC1O. The van der Waals surface area contributed by atoms with Crippen molar-refractivity contribution in [2.75, 3.05) is 25.5 Å². The Kier molecular flexibility index (Phi) is 5.79. The Balaban J connectivity index is 1.54. The van der Waals surface area contributed by atoms with Gasteiger partial charge in [-0.2, -0.15) is 13.2 Å². The fraction of sp³-hybridized carbons (Fsp3) is 0.571. The molecule has 1 aliphatic carbocycles. The van der Waals surface area contributed by atoms with Crippen LogP contribution in [0.3, 0.4) is 0 Å². The van der Waals surface area contributed by atoms with Crippen molar-refractivity contribution >= 4 is 28.6 Å². The van der Waals surface area contributed by atoms with Gasteiger partial charge in [-0.1, -0.05) is 11.6 Å². The molecule has 1 aliphatic heterocycles. The highest BCUT2D eigenvalue weighted by molar-refractivity contribution is 7.16. The molecule has 1 saturated carbocycles. The third-order valence-corrected chi connectivity index (χ3v) is 8.23. The predicted molar refractivity (Wildman–Crippen MR) is 116 cm³/mol. The molecule has 1 saturated heterocycles. The van der Waals surface area contributed by atoms with Crippen LogP contribution in [0.2, 0.25) is 4.34 Å². The quantitative estimate of drug-likeness (QED) is 0.682. The first-order chi connectivity index (χ1) is 14.5. The van der Waals surface area contributed by atoms with Crippen LogP contribution in [0.15, 0.2) is 24.4 Å². The number of halogens is 4. The summed E-state index contributed by atoms with van der Waals surface area (Å²) in [5.74, 6) is 0. The van der Waals surface area contributed by atoms with Gasteiger partial charge in [0.1, 0.15) is 5.69 Å². The molecule has 1 unspecified atom stereocenters. The number of rotatable bonds is 3. The van der Waals surface area contributed by atoms with E-state index in [4.69, 9.17) is 11.6 Å². The zero-order chi connectivity index (χ0) is 22.6. The molecule has 31 heavy (non-hydrogen) atoms. The van der Waals surface area contributed by atoms with Crippen LogP contribution in [-0.2, 0) is 11.7 Å². The molecule has 3 heterocycles. The van der Waals surface area contributed by atoms with Crippen molar-refractivity contribution in [2.24, 2.45) is 0 Å². The minimum Gasteiger partial charge on any atom is -0.361 e. The third kappa shape index (κ3) is 4.06. The molecule has 4 rings (SSSR count). The lowest BCUT2D eigenvalue weighted by Gasteiger charge is -2.48. The van der Waals surface area contributed by atoms with Crippen LogP contribution in [0.25, 0.3) is 0 Å². The Hall–Kier alpha value is -1.39. The average Bonchev–Trinajstić information content (AvgIpc) is 3.25. The Morgan fingerprint density at radius 2 is 1.94 bits per heavy atom. The fourth-order valence-electron chi connectivity index (χ4n) is 4.95. The van der Waals surface area contributed by atoms with E-state index in [0.717, 1.165) is 36.1 Å². The number of hydrogen-bond acceptors (Lipinski definition) is 6. The van der Waals surface area contributed by atoms with E-state index < -0.39 is 18.2 Å². The van der Waals surface area contributed by atoms with Crippen LogP contribution in [-0.4, -0.2) is 47.5 Å². The maximum atomic E-state index is 13.0. The molecule has 0 aromatic carbocycles. The number of nitrogens with zero attached hydrogens (tertiary/aromatic N) is 3. The van der Waals surface area contributed by atoms with Crippen molar-refractivity contribution in [3.63, 3.8) is 0 Å². The monoisotopic (exact) mass is 474 g/mol. The molecule has 10 heteroatoms. The zero-order valence-corrected chi connectivity index (χ0v) is 19.2. The summed E-state index contributed by atoms with van der Waals surface area (Å²) < 4.78 is 39.7. The van der Waals surface area contributed by atoms with E-state index in [-0.39, 0.29) is 11.1 Å². The summed E-state index contributed by atoms with van der Waals surface area (Å²) in [4.78, 5) is 8.78. The van der Waals surface area contributed by atoms with Crippen molar-refractivity contribution in [1.82, 2.24) is 15.2 Å². The lowest BCUT2D eigenvalue weighted by Crippen LogP contribution is -2.54. The van der Waals surface area contributed by atoms with Gasteiger partial charge in [-0.05, 0) is 70.5 Å². The van der Waals surface area contributed by atoms with E-state index in [0.29, 0.717) is 17.8 Å². The average molecular weight is 475 g/mol. The number of nitrogens with one attached hydrogen (secondary N) is 1. The first-order valence-electron chi connectivity index (χ1n) is 10.2. The maximum absolute atomic E-state index is 13.0. The van der Waals surface area contributed by atoms with Crippen LogP contribution in [0, 0.1) is 6.92 Å². The van der Waals surface area contributed by atoms with Crippen LogP contribution in [0.4, 0.5) is 18.9 Å². The highest BCUT2D eigenvalue weighted by Crippen LogP contribution is 2.49. The summed E-state index contributed by atoms with van der Waals surface area (Å²) in [5.41, 5.74) is -0.399. The standard InChI is InChI=1S/C21H26ClF3N4OS/c1-13-10-15(21(23,24)25)26-11-14(13)29-12-19(27-18(29)30)6-8-20(9-7-19,28(2)3)16-4-5-17(22)31-16/h4-5,10-11,18,27,30H,6-9,12H2,1-3H3.